The van der Waals surface area contributed by atoms with Gasteiger partial charge in [0.15, 0.2) is 0 Å². The molecule has 7 nitrogen and oxygen atoms in total. The minimum atomic E-state index is -0.827. The smallest absolute Gasteiger partial charge is 0.304 e. The van der Waals surface area contributed by atoms with E-state index < -0.39 is 5.97 Å². The van der Waals surface area contributed by atoms with Gasteiger partial charge < -0.3 is 20.4 Å². The highest BCUT2D eigenvalue weighted by Crippen LogP contribution is 2.25. The molecule has 3 heterocycles. The third-order valence-corrected chi connectivity index (χ3v) is 6.48. The number of likely N-dealkylation sites (N-methyl/N-ethyl adjacent to an activating group) is 1. The van der Waals surface area contributed by atoms with E-state index in [1.54, 1.807) is 12.1 Å². The number of aromatic nitrogens is 2. The summed E-state index contributed by atoms with van der Waals surface area (Å²) in [6.45, 7) is 2.51. The molecule has 2 aromatic heterocycles. The van der Waals surface area contributed by atoms with E-state index in [9.17, 15) is 15.0 Å². The molecule has 0 saturated carbocycles. The fourth-order valence-corrected chi connectivity index (χ4v) is 4.61. The zero-order valence-electron chi connectivity index (χ0n) is 20.3. The summed E-state index contributed by atoms with van der Waals surface area (Å²) in [7, 11) is 2.04. The van der Waals surface area contributed by atoms with Crippen LogP contribution in [0.4, 0.5) is 5.82 Å². The van der Waals surface area contributed by atoms with Crippen LogP contribution in [0, 0.1) is 0 Å². The van der Waals surface area contributed by atoms with Crippen LogP contribution < -0.4 is 5.32 Å². The molecule has 3 aromatic rings. The lowest BCUT2D eigenvalue weighted by atomic mass is 9.99. The third-order valence-electron chi connectivity index (χ3n) is 6.48. The van der Waals surface area contributed by atoms with Crippen molar-refractivity contribution in [3.05, 3.63) is 71.5 Å². The number of carboxylic acids is 1. The van der Waals surface area contributed by atoms with E-state index in [1.165, 1.54) is 12.0 Å². The summed E-state index contributed by atoms with van der Waals surface area (Å²) in [5, 5.41) is 22.5. The first-order valence-electron chi connectivity index (χ1n) is 12.4. The molecule has 0 radical (unpaired) electrons. The summed E-state index contributed by atoms with van der Waals surface area (Å²) < 4.78 is 0. The van der Waals surface area contributed by atoms with Gasteiger partial charge in [-0.1, -0.05) is 12.1 Å². The number of hydrogen-bond donors (Lipinski definition) is 3. The Bertz CT molecular complexity index is 1130. The van der Waals surface area contributed by atoms with Gasteiger partial charge in [-0.15, -0.1) is 0 Å². The van der Waals surface area contributed by atoms with Crippen LogP contribution >= 0.6 is 0 Å². The maximum absolute atomic E-state index is 11.6. The number of carbonyl (C=O) groups is 1. The van der Waals surface area contributed by atoms with Crippen molar-refractivity contribution in [1.29, 1.82) is 0 Å². The predicted octanol–water partition coefficient (Wildman–Crippen LogP) is 4.72. The number of aromatic hydroxyl groups is 1. The summed E-state index contributed by atoms with van der Waals surface area (Å²) in [6, 6.07) is 16.9. The third kappa shape index (κ3) is 7.02. The molecule has 35 heavy (non-hydrogen) atoms. The second kappa shape index (κ2) is 11.8. The Hall–Kier alpha value is -3.45. The SMILES string of the molecule is CN(CCCCc1ccc2c(n1)NCCC2)C[C@@H](CC(=O)O)c1cccc(-c2ccc(O)cc2)n1. The van der Waals surface area contributed by atoms with Crippen LogP contribution in [0.3, 0.4) is 0 Å². The molecule has 1 aliphatic rings. The normalized spacial score (nSPS) is 13.8. The zero-order valence-corrected chi connectivity index (χ0v) is 20.3. The van der Waals surface area contributed by atoms with Gasteiger partial charge in [0, 0.05) is 36.0 Å². The number of aryl methyl sites for hydroxylation is 2. The first-order chi connectivity index (χ1) is 17.0. The van der Waals surface area contributed by atoms with E-state index in [2.05, 4.69) is 22.3 Å². The molecule has 4 rings (SSSR count). The fourth-order valence-electron chi connectivity index (χ4n) is 4.61. The number of unbranched alkanes of at least 4 members (excludes halogenated alkanes) is 1. The topological polar surface area (TPSA) is 98.6 Å². The predicted molar refractivity (Wildman–Crippen MR) is 138 cm³/mol. The molecular formula is C28H34N4O3. The first kappa shape index (κ1) is 24.7. The number of aliphatic carboxylic acids is 1. The van der Waals surface area contributed by atoms with Gasteiger partial charge in [0.25, 0.3) is 0 Å². The fraction of sp³-hybridized carbons (Fsp3) is 0.393. The molecule has 7 heteroatoms. The van der Waals surface area contributed by atoms with Gasteiger partial charge in [-0.2, -0.15) is 0 Å². The molecule has 0 fully saturated rings. The van der Waals surface area contributed by atoms with Gasteiger partial charge in [-0.25, -0.2) is 4.98 Å². The summed E-state index contributed by atoms with van der Waals surface area (Å²) in [5.41, 5.74) is 4.87. The molecule has 1 atom stereocenters. The number of anilines is 1. The number of fused-ring (bicyclic) bond motifs is 1. The number of nitrogens with zero attached hydrogens (tertiary/aromatic N) is 3. The highest BCUT2D eigenvalue weighted by atomic mass is 16.4. The Balaban J connectivity index is 1.32. The van der Waals surface area contributed by atoms with Crippen molar-refractivity contribution in [3.63, 3.8) is 0 Å². The first-order valence-corrected chi connectivity index (χ1v) is 12.4. The van der Waals surface area contributed by atoms with Gasteiger partial charge in [-0.05, 0) is 93.7 Å². The van der Waals surface area contributed by atoms with Crippen LogP contribution in [0.5, 0.6) is 5.75 Å². The average molecular weight is 475 g/mol. The van der Waals surface area contributed by atoms with Crippen molar-refractivity contribution in [2.24, 2.45) is 0 Å². The van der Waals surface area contributed by atoms with Crippen LogP contribution in [0.25, 0.3) is 11.3 Å². The molecule has 0 amide bonds. The minimum Gasteiger partial charge on any atom is -0.508 e. The number of pyridine rings is 2. The van der Waals surface area contributed by atoms with Gasteiger partial charge in [0.1, 0.15) is 11.6 Å². The number of benzene rings is 1. The minimum absolute atomic E-state index is 0.0302. The second-order valence-electron chi connectivity index (χ2n) is 9.35. The van der Waals surface area contributed by atoms with Gasteiger partial charge in [0.2, 0.25) is 0 Å². The van der Waals surface area contributed by atoms with E-state index in [4.69, 9.17) is 9.97 Å². The van der Waals surface area contributed by atoms with Crippen LogP contribution in [0.2, 0.25) is 0 Å². The number of phenolic OH excluding ortho intramolecular Hbond substituents is 1. The van der Waals surface area contributed by atoms with E-state index in [0.29, 0.717) is 6.54 Å². The van der Waals surface area contributed by atoms with Crippen LogP contribution in [-0.4, -0.2) is 57.7 Å². The van der Waals surface area contributed by atoms with Crippen LogP contribution in [0.15, 0.2) is 54.6 Å². The van der Waals surface area contributed by atoms with Crippen molar-refractivity contribution in [2.75, 3.05) is 32.0 Å². The zero-order chi connectivity index (χ0) is 24.6. The quantitative estimate of drug-likeness (QED) is 0.346. The molecule has 0 saturated heterocycles. The highest BCUT2D eigenvalue weighted by Gasteiger charge is 2.20. The maximum Gasteiger partial charge on any atom is 0.304 e. The Morgan fingerprint density at radius 2 is 1.91 bits per heavy atom. The van der Waals surface area contributed by atoms with Crippen molar-refractivity contribution < 1.29 is 15.0 Å². The van der Waals surface area contributed by atoms with Crippen molar-refractivity contribution >= 4 is 11.8 Å². The largest absolute Gasteiger partial charge is 0.508 e. The standard InChI is InChI=1S/C28H34N4O3/c1-32(17-3-2-7-23-13-10-21-6-5-16-29-28(21)30-23)19-22(18-27(34)35)26-9-4-8-25(31-26)20-11-14-24(33)15-12-20/h4,8-15,22,33H,2-3,5-7,16-19H2,1H3,(H,29,30)(H,34,35)/t22-/m1/s1. The Kier molecular flexibility index (Phi) is 8.32. The van der Waals surface area contributed by atoms with Crippen LogP contribution in [-0.2, 0) is 17.6 Å². The molecular weight excluding hydrogens is 440 g/mol. The number of nitrogens with one attached hydrogen (secondary N) is 1. The van der Waals surface area contributed by atoms with E-state index in [-0.39, 0.29) is 18.1 Å². The molecule has 1 aliphatic heterocycles. The highest BCUT2D eigenvalue weighted by molar-refractivity contribution is 5.68. The molecule has 184 valence electrons. The average Bonchev–Trinajstić information content (AvgIpc) is 2.86. The van der Waals surface area contributed by atoms with Crippen molar-refractivity contribution in [3.8, 4) is 17.0 Å². The maximum atomic E-state index is 11.6. The molecule has 1 aromatic carbocycles. The molecule has 3 N–H and O–H groups in total. The number of rotatable bonds is 11. The monoisotopic (exact) mass is 474 g/mol. The van der Waals surface area contributed by atoms with Gasteiger partial charge in [0.05, 0.1) is 12.1 Å². The number of hydrogen-bond acceptors (Lipinski definition) is 6. The molecule has 0 spiro atoms. The Morgan fingerprint density at radius 3 is 2.71 bits per heavy atom. The van der Waals surface area contributed by atoms with E-state index in [0.717, 1.165) is 67.2 Å². The lowest BCUT2D eigenvalue weighted by Crippen LogP contribution is -2.27. The summed E-state index contributed by atoms with van der Waals surface area (Å²) >= 11 is 0. The van der Waals surface area contributed by atoms with Crippen molar-refractivity contribution in [2.45, 2.75) is 44.4 Å². The number of phenols is 1. The van der Waals surface area contributed by atoms with Gasteiger partial charge >= 0.3 is 5.97 Å². The summed E-state index contributed by atoms with van der Waals surface area (Å²) in [6.07, 6.45) is 5.29. The van der Waals surface area contributed by atoms with Crippen LogP contribution in [0.1, 0.15) is 48.6 Å². The Labute approximate surface area is 206 Å². The Morgan fingerprint density at radius 1 is 1.09 bits per heavy atom. The molecule has 0 unspecified atom stereocenters. The summed E-state index contributed by atoms with van der Waals surface area (Å²) in [5.74, 6) is 0.217. The second-order valence-corrected chi connectivity index (χ2v) is 9.35. The van der Waals surface area contributed by atoms with Gasteiger partial charge in [-0.3, -0.25) is 9.78 Å². The van der Waals surface area contributed by atoms with E-state index in [1.807, 2.05) is 37.4 Å². The lowest BCUT2D eigenvalue weighted by molar-refractivity contribution is -0.137. The molecule has 0 aliphatic carbocycles. The number of carboxylic acid groups (broad SMARTS) is 1. The lowest BCUT2D eigenvalue weighted by Gasteiger charge is -2.23. The van der Waals surface area contributed by atoms with E-state index >= 15 is 0 Å². The molecule has 0 bridgehead atoms. The summed E-state index contributed by atoms with van der Waals surface area (Å²) in [4.78, 5) is 23.3. The van der Waals surface area contributed by atoms with Crippen molar-refractivity contribution in [1.82, 2.24) is 14.9 Å².